The van der Waals surface area contributed by atoms with E-state index in [2.05, 4.69) is 357 Å². The molecular formula is C102H100N14O5. The van der Waals surface area contributed by atoms with Gasteiger partial charge in [0.05, 0.1) is 68.3 Å². The largest absolute Gasteiger partial charge is 0.454 e. The molecule has 5 aliphatic heterocycles. The molecule has 0 fully saturated rings. The third kappa shape index (κ3) is 12.5. The molecule has 0 spiro atoms. The number of nitrogens with zero attached hydrogens (tertiary/aromatic N) is 14. The van der Waals surface area contributed by atoms with Crippen molar-refractivity contribution in [3.05, 3.63) is 282 Å². The van der Waals surface area contributed by atoms with Crippen LogP contribution in [0.1, 0.15) is 85.1 Å². The number of aromatic nitrogens is 4. The van der Waals surface area contributed by atoms with Gasteiger partial charge in [-0.2, -0.15) is 0 Å². The van der Waals surface area contributed by atoms with Gasteiger partial charge in [-0.15, -0.1) is 0 Å². The molecule has 9 aromatic heterocycles. The van der Waals surface area contributed by atoms with Crippen molar-refractivity contribution in [2.75, 3.05) is 74.4 Å². The maximum atomic E-state index is 6.38. The third-order valence-electron chi connectivity index (χ3n) is 25.7. The summed E-state index contributed by atoms with van der Waals surface area (Å²) in [5.74, 6) is 0. The quantitative estimate of drug-likeness (QED) is 0.161. The van der Waals surface area contributed by atoms with Crippen molar-refractivity contribution >= 4 is 173 Å². The molecule has 0 saturated heterocycles. The lowest BCUT2D eigenvalue weighted by molar-refractivity contribution is 0.383. The van der Waals surface area contributed by atoms with Crippen LogP contribution >= 0.6 is 0 Å². The molecule has 0 unspecified atom stereocenters. The van der Waals surface area contributed by atoms with E-state index in [1.165, 1.54) is 72.7 Å². The minimum absolute atomic E-state index is 0.208. The van der Waals surface area contributed by atoms with E-state index in [1.54, 1.807) is 0 Å². The summed E-state index contributed by atoms with van der Waals surface area (Å²) in [6.45, 7) is 29.8. The highest BCUT2D eigenvalue weighted by Gasteiger charge is 2.38. The van der Waals surface area contributed by atoms with Crippen LogP contribution in [0.25, 0.3) is 110 Å². The summed E-state index contributed by atoms with van der Waals surface area (Å²) in [6, 6.07) is 65.7. The Labute approximate surface area is 704 Å². The fourth-order valence-electron chi connectivity index (χ4n) is 18.4. The molecule has 0 bridgehead atoms. The number of aryl methyl sites for hydroxylation is 9. The summed E-state index contributed by atoms with van der Waals surface area (Å²) in [5, 5.41) is 10.1. The maximum Gasteiger partial charge on any atom is 0.227 e. The topological polar surface area (TPSA) is 150 Å². The predicted octanol–water partition coefficient (Wildman–Crippen LogP) is 25.2. The first kappa shape index (κ1) is 77.0. The first-order chi connectivity index (χ1) is 58.4. The second-order valence-electron chi connectivity index (χ2n) is 33.1. The normalized spacial score (nSPS) is 17.2. The van der Waals surface area contributed by atoms with E-state index in [0.717, 1.165) is 145 Å². The molecule has 0 N–H and O–H groups in total. The molecule has 19 heteroatoms. The van der Waals surface area contributed by atoms with Crippen LogP contribution in [0.5, 0.6) is 0 Å². The number of para-hydroxylation sites is 7. The number of hydrogen-bond donors (Lipinski definition) is 0. The van der Waals surface area contributed by atoms with Crippen molar-refractivity contribution in [2.24, 2.45) is 0 Å². The first-order valence-electron chi connectivity index (χ1n) is 41.7. The predicted molar refractivity (Wildman–Crippen MR) is 499 cm³/mol. The SMILES string of the molecule is Cc1cc2oc3c(N4C=CN(C)[C@@H]4C)c(C)ccc3c2cn1.Cc1ccc2c(n1)oc1c(N3c4ccccc4N(C)[C@@H]3C)c(C)ccc12.Cc1ccc2c(oc3c(C)ccnc32)c1N1C=CN(C)[C@@H]1C.Cc1ccc2c(oc3c(C)nccc32)c1N1c2ccccc2N(C)[C@@H]1C.Cc1ccc2c(oc3ccccc32)c1N1c2ccccc2N(C)[C@@H]1C. The first-order valence-corrected chi connectivity index (χ1v) is 41.7. The van der Waals surface area contributed by atoms with Crippen molar-refractivity contribution in [3.63, 3.8) is 0 Å². The van der Waals surface area contributed by atoms with E-state index in [9.17, 15) is 0 Å². The van der Waals surface area contributed by atoms with Crippen LogP contribution in [0.2, 0.25) is 0 Å². The minimum atomic E-state index is 0.208. The van der Waals surface area contributed by atoms with Gasteiger partial charge in [0, 0.05) is 145 Å². The number of anilines is 11. The van der Waals surface area contributed by atoms with E-state index in [4.69, 9.17) is 22.1 Å². The van der Waals surface area contributed by atoms with Gasteiger partial charge < -0.3 is 71.1 Å². The third-order valence-corrected chi connectivity index (χ3v) is 25.7. The molecule has 121 heavy (non-hydrogen) atoms. The molecule has 0 aliphatic carbocycles. The highest BCUT2D eigenvalue weighted by Crippen LogP contribution is 2.53. The monoisotopic (exact) mass is 1600 g/mol. The van der Waals surface area contributed by atoms with E-state index in [-0.39, 0.29) is 30.8 Å². The van der Waals surface area contributed by atoms with Crippen molar-refractivity contribution in [1.29, 1.82) is 0 Å². The molecule has 0 saturated carbocycles. The van der Waals surface area contributed by atoms with Crippen LogP contribution in [-0.4, -0.2) is 95.8 Å². The van der Waals surface area contributed by atoms with E-state index in [0.29, 0.717) is 5.71 Å². The van der Waals surface area contributed by atoms with Gasteiger partial charge >= 0.3 is 0 Å². The van der Waals surface area contributed by atoms with Gasteiger partial charge in [0.15, 0.2) is 39.1 Å². The van der Waals surface area contributed by atoms with Gasteiger partial charge in [0.25, 0.3) is 0 Å². The van der Waals surface area contributed by atoms with Gasteiger partial charge in [-0.05, 0) is 203 Å². The van der Waals surface area contributed by atoms with E-state index < -0.39 is 0 Å². The number of furan rings is 5. The summed E-state index contributed by atoms with van der Waals surface area (Å²) >= 11 is 0. The Hall–Kier alpha value is -13.9. The summed E-state index contributed by atoms with van der Waals surface area (Å²) in [5.41, 5.74) is 33.1. The number of benzene rings is 9. The van der Waals surface area contributed by atoms with Crippen LogP contribution in [0.4, 0.5) is 62.6 Å². The smallest absolute Gasteiger partial charge is 0.227 e. The summed E-state index contributed by atoms with van der Waals surface area (Å²) < 4.78 is 31.4. The van der Waals surface area contributed by atoms with Crippen molar-refractivity contribution in [3.8, 4) is 0 Å². The molecule has 5 atom stereocenters. The Morgan fingerprint density at radius 2 is 0.678 bits per heavy atom. The number of fused-ring (bicyclic) bond motifs is 18. The fraction of sp³-hybridized carbons (Fsp3) is 0.235. The zero-order valence-corrected chi connectivity index (χ0v) is 72.1. The average molecular weight is 1600 g/mol. The Kier molecular flexibility index (Phi) is 19.0. The summed E-state index contributed by atoms with van der Waals surface area (Å²) in [4.78, 5) is 40.9. The zero-order valence-electron chi connectivity index (χ0n) is 72.1. The molecule has 0 amide bonds. The number of rotatable bonds is 5. The zero-order chi connectivity index (χ0) is 84.0. The molecule has 608 valence electrons. The minimum Gasteiger partial charge on any atom is -0.454 e. The summed E-state index contributed by atoms with van der Waals surface area (Å²) in [6.07, 6.45) is 15.2. The molecule has 5 aliphatic rings. The highest BCUT2D eigenvalue weighted by molar-refractivity contribution is 6.15. The molecule has 9 aromatic carbocycles. The Morgan fingerprint density at radius 3 is 1.20 bits per heavy atom. The van der Waals surface area contributed by atoms with Gasteiger partial charge in [0.1, 0.15) is 47.5 Å². The van der Waals surface area contributed by atoms with Crippen molar-refractivity contribution in [2.45, 2.75) is 128 Å². The number of hydrogen-bond acceptors (Lipinski definition) is 19. The van der Waals surface area contributed by atoms with E-state index >= 15 is 0 Å². The molecule has 18 aromatic rings. The van der Waals surface area contributed by atoms with Gasteiger partial charge in [-0.3, -0.25) is 15.0 Å². The van der Waals surface area contributed by atoms with Gasteiger partial charge in [-0.25, -0.2) is 4.98 Å². The second kappa shape index (κ2) is 29.8. The lowest BCUT2D eigenvalue weighted by Crippen LogP contribution is -2.36. The fourth-order valence-corrected chi connectivity index (χ4v) is 18.4. The molecular weight excluding hydrogens is 1500 g/mol. The molecule has 19 nitrogen and oxygen atoms in total. The lowest BCUT2D eigenvalue weighted by atomic mass is 10.1. The molecule has 0 radical (unpaired) electrons. The maximum absolute atomic E-state index is 6.38. The van der Waals surface area contributed by atoms with E-state index in [1.807, 2.05) is 75.8 Å². The Morgan fingerprint density at radius 1 is 0.281 bits per heavy atom. The van der Waals surface area contributed by atoms with Gasteiger partial charge in [-0.1, -0.05) is 109 Å². The summed E-state index contributed by atoms with van der Waals surface area (Å²) in [7, 11) is 10.6. The Bertz CT molecular complexity index is 7230. The molecule has 14 heterocycles. The van der Waals surface area contributed by atoms with Crippen LogP contribution in [0, 0.1) is 62.3 Å². The van der Waals surface area contributed by atoms with Crippen LogP contribution < -0.4 is 39.2 Å². The number of pyridine rings is 4. The van der Waals surface area contributed by atoms with Crippen LogP contribution in [0.3, 0.4) is 0 Å². The van der Waals surface area contributed by atoms with Gasteiger partial charge in [0.2, 0.25) is 5.71 Å². The van der Waals surface area contributed by atoms with Crippen LogP contribution in [0.15, 0.2) is 254 Å². The van der Waals surface area contributed by atoms with Crippen LogP contribution in [-0.2, 0) is 0 Å². The average Bonchev–Trinajstić information content (AvgIpc) is 1.60. The Balaban J connectivity index is 0.0000001000. The van der Waals surface area contributed by atoms with Crippen molar-refractivity contribution < 1.29 is 22.1 Å². The molecule has 23 rings (SSSR count). The second-order valence-corrected chi connectivity index (χ2v) is 33.1. The lowest BCUT2D eigenvalue weighted by Gasteiger charge is -2.29. The van der Waals surface area contributed by atoms with Crippen molar-refractivity contribution in [1.82, 2.24) is 29.7 Å². The highest BCUT2D eigenvalue weighted by atomic mass is 16.4. The standard InChI is InChI=1S/2C22H21N3O.C22H20N2O.2C18H19N3O/c1-13-9-11-16-17-12-10-14(2)23-22(17)26-21(16)20(13)25-15(3)24(4)18-7-5-6-8-19(18)25;1-13-9-10-16-17-11-12-23-14(2)21(17)26-22(16)20(13)25-15(3)24(4)18-7-5-6-8-19(18)25;1-14-12-13-17-16-8-4-7-11-20(16)25-22(17)21(14)24-15(2)23(3)18-9-5-6-10-19(18)24;1-11-5-6-14-15-10-19-12(2)9-16(15)22-18(14)17(11)21-8-7-20(4)13(21)3;1-11-5-6-14-15-17(12(2)7-8-19-15)22-18(14)16(11)21-10-9-20(4)13(21)3/h2*5-12,15H,1-4H3;4-13,15H,1-3H3;2*5-10,13H,1-4H3/t3*15-;2*13-/m00000/s1.